The van der Waals surface area contributed by atoms with Crippen LogP contribution in [0.5, 0.6) is 0 Å². The molecule has 0 N–H and O–H groups in total. The lowest BCUT2D eigenvalue weighted by atomic mass is 9.67. The van der Waals surface area contributed by atoms with Crippen LogP contribution in [0.3, 0.4) is 0 Å². The van der Waals surface area contributed by atoms with Crippen molar-refractivity contribution in [1.82, 2.24) is 0 Å². The molecule has 12 rings (SSSR count). The number of hydrogen-bond acceptors (Lipinski definition) is 2. The largest absolute Gasteiger partial charge is 0.455 e. The lowest BCUT2D eigenvalue weighted by molar-refractivity contribution is 0.594. The molecule has 0 atom stereocenters. The number of nitrogens with zero attached hydrogens (tertiary/aromatic N) is 1. The highest BCUT2D eigenvalue weighted by atomic mass is 16.3. The van der Waals surface area contributed by atoms with Crippen LogP contribution in [0.2, 0.25) is 0 Å². The van der Waals surface area contributed by atoms with Gasteiger partial charge in [0.15, 0.2) is 0 Å². The maximum Gasteiger partial charge on any atom is 0.143 e. The second-order valence-corrected chi connectivity index (χ2v) is 18.8. The second-order valence-electron chi connectivity index (χ2n) is 18.8. The normalized spacial score (nSPS) is 14.5. The van der Waals surface area contributed by atoms with E-state index in [4.69, 9.17) is 4.42 Å². The summed E-state index contributed by atoms with van der Waals surface area (Å²) in [5, 5.41) is 4.56. The van der Waals surface area contributed by atoms with Crippen LogP contribution >= 0.6 is 0 Å². The number of benzene rings is 9. The lowest BCUT2D eigenvalue weighted by Gasteiger charge is -2.35. The molecule has 1 heterocycles. The molecule has 1 aromatic heterocycles. The van der Waals surface area contributed by atoms with Gasteiger partial charge in [-0.1, -0.05) is 192 Å². The number of rotatable bonds is 5. The fraction of sp³-hybridized carbons (Fsp3) is 0.133. The van der Waals surface area contributed by atoms with Crippen molar-refractivity contribution in [2.24, 2.45) is 0 Å². The minimum absolute atomic E-state index is 0.0877. The third kappa shape index (κ3) is 5.04. The van der Waals surface area contributed by atoms with Crippen molar-refractivity contribution in [3.8, 4) is 22.3 Å². The van der Waals surface area contributed by atoms with Crippen molar-refractivity contribution in [2.75, 3.05) is 4.90 Å². The minimum Gasteiger partial charge on any atom is -0.455 e. The molecule has 2 aliphatic carbocycles. The van der Waals surface area contributed by atoms with Gasteiger partial charge in [-0.3, -0.25) is 0 Å². The Morgan fingerprint density at radius 3 is 1.63 bits per heavy atom. The van der Waals surface area contributed by atoms with Gasteiger partial charge >= 0.3 is 0 Å². The van der Waals surface area contributed by atoms with Crippen molar-refractivity contribution in [3.63, 3.8) is 0 Å². The number of furan rings is 1. The summed E-state index contributed by atoms with van der Waals surface area (Å²) in [6.45, 7) is 11.6. The van der Waals surface area contributed by atoms with E-state index in [0.29, 0.717) is 0 Å². The number of hydrogen-bond donors (Lipinski definition) is 0. The van der Waals surface area contributed by atoms with E-state index < -0.39 is 5.41 Å². The first-order valence-electron chi connectivity index (χ1n) is 21.9. The van der Waals surface area contributed by atoms with Crippen molar-refractivity contribution >= 4 is 49.8 Å². The van der Waals surface area contributed by atoms with Gasteiger partial charge in [0.05, 0.1) is 11.1 Å². The summed E-state index contributed by atoms with van der Waals surface area (Å²) in [5.41, 5.74) is 18.7. The molecule has 0 radical (unpaired) electrons. The van der Waals surface area contributed by atoms with E-state index in [9.17, 15) is 0 Å². The molecule has 0 spiro atoms. The summed E-state index contributed by atoms with van der Waals surface area (Å²) in [6, 6.07) is 72.3. The molecule has 0 unspecified atom stereocenters. The highest BCUT2D eigenvalue weighted by molar-refractivity contribution is 6.20. The van der Waals surface area contributed by atoms with E-state index in [2.05, 4.69) is 234 Å². The monoisotopic (exact) mass is 797 g/mol. The van der Waals surface area contributed by atoms with Gasteiger partial charge in [0, 0.05) is 38.3 Å². The molecular formula is C60H47NO. The van der Waals surface area contributed by atoms with Gasteiger partial charge in [-0.25, -0.2) is 0 Å². The molecule has 0 amide bonds. The average Bonchev–Trinajstić information content (AvgIpc) is 3.90. The minimum atomic E-state index is -0.536. The van der Waals surface area contributed by atoms with E-state index in [1.54, 1.807) is 0 Å². The Morgan fingerprint density at radius 2 is 0.968 bits per heavy atom. The van der Waals surface area contributed by atoms with Crippen LogP contribution in [-0.2, 0) is 16.2 Å². The first kappa shape index (κ1) is 36.7. The first-order chi connectivity index (χ1) is 30.2. The van der Waals surface area contributed by atoms with Crippen LogP contribution in [0.15, 0.2) is 199 Å². The van der Waals surface area contributed by atoms with Crippen molar-refractivity contribution in [3.05, 3.63) is 233 Å². The standard InChI is InChI=1S/C60H47NO/c1-58(2,3)51-29-18-30-55-56(51)48-37-54(46-25-12-13-26-47(46)57(48)62-55)61(40-31-33-44-42-23-14-16-27-49(42)59(4,5)52(44)35-40)41-32-34-45-43-24-15-17-28-50(43)60(53(45)36-41,38-19-8-6-9-20-38)39-21-10-7-11-22-39/h6-37H,1-5H3. The van der Waals surface area contributed by atoms with E-state index in [1.807, 2.05) is 0 Å². The summed E-state index contributed by atoms with van der Waals surface area (Å²) in [5.74, 6) is 0. The van der Waals surface area contributed by atoms with Crippen LogP contribution in [0.25, 0.3) is 55.0 Å². The Morgan fingerprint density at radius 1 is 0.435 bits per heavy atom. The maximum atomic E-state index is 6.87. The van der Waals surface area contributed by atoms with E-state index >= 15 is 0 Å². The Balaban J connectivity index is 1.20. The Labute approximate surface area is 363 Å². The predicted octanol–water partition coefficient (Wildman–Crippen LogP) is 16.2. The number of anilines is 3. The highest BCUT2D eigenvalue weighted by Crippen LogP contribution is 2.58. The van der Waals surface area contributed by atoms with Gasteiger partial charge < -0.3 is 9.32 Å². The molecule has 0 bridgehead atoms. The highest BCUT2D eigenvalue weighted by Gasteiger charge is 2.46. The van der Waals surface area contributed by atoms with Crippen molar-refractivity contribution in [2.45, 2.75) is 50.9 Å². The molecule has 0 saturated heterocycles. The van der Waals surface area contributed by atoms with E-state index in [-0.39, 0.29) is 10.8 Å². The molecule has 298 valence electrons. The van der Waals surface area contributed by atoms with Crippen molar-refractivity contribution < 1.29 is 4.42 Å². The third-order valence-electron chi connectivity index (χ3n) is 14.1. The van der Waals surface area contributed by atoms with Crippen LogP contribution in [-0.4, -0.2) is 0 Å². The van der Waals surface area contributed by atoms with Crippen molar-refractivity contribution in [1.29, 1.82) is 0 Å². The van der Waals surface area contributed by atoms with Gasteiger partial charge in [0.2, 0.25) is 0 Å². The molecule has 10 aromatic rings. The molecule has 62 heavy (non-hydrogen) atoms. The van der Waals surface area contributed by atoms with Gasteiger partial charge in [-0.15, -0.1) is 0 Å². The Bertz CT molecular complexity index is 3380. The zero-order valence-electron chi connectivity index (χ0n) is 35.8. The molecule has 2 nitrogen and oxygen atoms in total. The SMILES string of the molecule is CC(C)(C)c1cccc2oc3c4ccccc4c(N(c4ccc5c(c4)C(C)(C)c4ccccc4-5)c4ccc5c(c4)C(c4ccccc4)(c4ccccc4)c4ccccc4-5)cc3c12. The van der Waals surface area contributed by atoms with Gasteiger partial charge in [0.25, 0.3) is 0 Å². The van der Waals surface area contributed by atoms with Crippen LogP contribution in [0.4, 0.5) is 17.1 Å². The molecule has 0 saturated carbocycles. The Hall–Kier alpha value is -7.16. The van der Waals surface area contributed by atoms with Gasteiger partial charge in [0.1, 0.15) is 11.2 Å². The van der Waals surface area contributed by atoms with Crippen LogP contribution in [0.1, 0.15) is 73.6 Å². The summed E-state index contributed by atoms with van der Waals surface area (Å²) < 4.78 is 6.87. The van der Waals surface area contributed by atoms with E-state index in [1.165, 1.54) is 66.6 Å². The maximum absolute atomic E-state index is 6.87. The van der Waals surface area contributed by atoms with Crippen LogP contribution in [0, 0.1) is 0 Å². The van der Waals surface area contributed by atoms with Gasteiger partial charge in [-0.2, -0.15) is 0 Å². The fourth-order valence-electron chi connectivity index (χ4n) is 11.3. The summed E-state index contributed by atoms with van der Waals surface area (Å²) in [7, 11) is 0. The molecule has 2 heteroatoms. The lowest BCUT2D eigenvalue weighted by Crippen LogP contribution is -2.28. The zero-order chi connectivity index (χ0) is 42.0. The quantitative estimate of drug-likeness (QED) is 0.172. The fourth-order valence-corrected chi connectivity index (χ4v) is 11.3. The smallest absolute Gasteiger partial charge is 0.143 e. The average molecular weight is 798 g/mol. The Kier molecular flexibility index (Phi) is 7.79. The first-order valence-corrected chi connectivity index (χ1v) is 21.9. The molecule has 2 aliphatic rings. The predicted molar refractivity (Wildman–Crippen MR) is 259 cm³/mol. The molecule has 0 fully saturated rings. The number of fused-ring (bicyclic) bond motifs is 11. The van der Waals surface area contributed by atoms with E-state index in [0.717, 1.165) is 44.4 Å². The summed E-state index contributed by atoms with van der Waals surface area (Å²) >= 11 is 0. The molecular weight excluding hydrogens is 751 g/mol. The molecule has 9 aromatic carbocycles. The van der Waals surface area contributed by atoms with Crippen LogP contribution < -0.4 is 4.90 Å². The van der Waals surface area contributed by atoms with Gasteiger partial charge in [-0.05, 0) is 103 Å². The summed E-state index contributed by atoms with van der Waals surface area (Å²) in [6.07, 6.45) is 0. The molecule has 0 aliphatic heterocycles. The topological polar surface area (TPSA) is 16.4 Å². The zero-order valence-corrected chi connectivity index (χ0v) is 35.8. The second kappa shape index (κ2) is 13.2. The third-order valence-corrected chi connectivity index (χ3v) is 14.1. The summed E-state index contributed by atoms with van der Waals surface area (Å²) in [4.78, 5) is 2.53.